The molecule has 0 saturated carbocycles. The number of azo groups is 1. The number of phenols is 1. The Morgan fingerprint density at radius 3 is 1.91 bits per heavy atom. The third-order valence-corrected chi connectivity index (χ3v) is 6.90. The van der Waals surface area contributed by atoms with E-state index in [1.54, 1.807) is 0 Å². The molecule has 0 amide bonds. The highest BCUT2D eigenvalue weighted by Crippen LogP contribution is 2.43. The van der Waals surface area contributed by atoms with Gasteiger partial charge >= 0.3 is 0 Å². The van der Waals surface area contributed by atoms with Crippen LogP contribution in [0.1, 0.15) is 5.56 Å². The van der Waals surface area contributed by atoms with Crippen molar-refractivity contribution in [2.24, 2.45) is 10.2 Å². The van der Waals surface area contributed by atoms with Crippen LogP contribution in [0.25, 0.3) is 10.8 Å². The van der Waals surface area contributed by atoms with Crippen molar-refractivity contribution in [3.63, 3.8) is 0 Å². The van der Waals surface area contributed by atoms with Gasteiger partial charge < -0.3 is 5.11 Å². The molecule has 0 fully saturated rings. The highest BCUT2D eigenvalue weighted by Gasteiger charge is 2.25. The average molecular weight is 503 g/mol. The van der Waals surface area contributed by atoms with Gasteiger partial charge in [-0.1, -0.05) is 12.1 Å². The number of hydrogen-bond donors (Lipinski definition) is 4. The number of nitrogens with zero attached hydrogens (tertiary/aromatic N) is 2. The highest BCUT2D eigenvalue weighted by molar-refractivity contribution is 7.86. The van der Waals surface area contributed by atoms with Crippen LogP contribution in [0.2, 0.25) is 0 Å². The fraction of sp³-hybridized carbons (Fsp3) is 0.0588. The Labute approximate surface area is 182 Å². The van der Waals surface area contributed by atoms with Gasteiger partial charge in [0.15, 0.2) is 5.75 Å². The van der Waals surface area contributed by atoms with E-state index in [1.165, 1.54) is 19.1 Å². The maximum absolute atomic E-state index is 11.9. The quantitative estimate of drug-likeness (QED) is 0.296. The van der Waals surface area contributed by atoms with Crippen LogP contribution in [0.5, 0.6) is 5.75 Å². The Hall–Kier alpha value is -2.95. The van der Waals surface area contributed by atoms with Crippen LogP contribution in [-0.2, 0) is 30.4 Å². The number of rotatable bonds is 5. The zero-order valence-corrected chi connectivity index (χ0v) is 18.3. The molecule has 0 saturated heterocycles. The van der Waals surface area contributed by atoms with Crippen molar-refractivity contribution in [3.05, 3.63) is 48.0 Å². The van der Waals surface area contributed by atoms with Crippen molar-refractivity contribution in [1.29, 1.82) is 0 Å². The third kappa shape index (κ3) is 4.62. The molecule has 32 heavy (non-hydrogen) atoms. The predicted molar refractivity (Wildman–Crippen MR) is 110 cm³/mol. The molecule has 3 aromatic carbocycles. The van der Waals surface area contributed by atoms with Gasteiger partial charge in [0.05, 0.1) is 4.90 Å². The summed E-state index contributed by atoms with van der Waals surface area (Å²) in [5, 5.41) is 17.6. The molecule has 0 radical (unpaired) electrons. The molecule has 3 aromatic rings. The topological polar surface area (TPSA) is 208 Å². The lowest BCUT2D eigenvalue weighted by molar-refractivity contribution is 0.471. The first-order valence-corrected chi connectivity index (χ1v) is 12.7. The molecule has 0 spiro atoms. The van der Waals surface area contributed by atoms with E-state index < -0.39 is 62.2 Å². The van der Waals surface area contributed by atoms with Crippen LogP contribution in [0.3, 0.4) is 0 Å². The molecular formula is C17H14N2O10S3. The van der Waals surface area contributed by atoms with Gasteiger partial charge in [0, 0.05) is 5.39 Å². The molecule has 15 heteroatoms. The highest BCUT2D eigenvalue weighted by atomic mass is 32.2. The van der Waals surface area contributed by atoms with E-state index in [-0.39, 0.29) is 16.3 Å². The summed E-state index contributed by atoms with van der Waals surface area (Å²) in [6.45, 7) is 1.36. The minimum absolute atomic E-state index is 0.0678. The van der Waals surface area contributed by atoms with E-state index >= 15 is 0 Å². The molecule has 0 unspecified atom stereocenters. The number of aromatic hydroxyl groups is 1. The molecule has 0 heterocycles. The van der Waals surface area contributed by atoms with Crippen molar-refractivity contribution in [1.82, 2.24) is 0 Å². The first kappa shape index (κ1) is 23.7. The number of benzene rings is 3. The van der Waals surface area contributed by atoms with Crippen LogP contribution in [-0.4, -0.2) is 44.0 Å². The first-order valence-electron chi connectivity index (χ1n) is 8.34. The second-order valence-electron chi connectivity index (χ2n) is 6.50. The minimum Gasteiger partial charge on any atom is -0.505 e. The van der Waals surface area contributed by atoms with Gasteiger partial charge in [-0.3, -0.25) is 13.7 Å². The van der Waals surface area contributed by atoms with E-state index in [0.717, 1.165) is 30.3 Å². The van der Waals surface area contributed by atoms with E-state index in [4.69, 9.17) is 0 Å². The summed E-state index contributed by atoms with van der Waals surface area (Å²) in [5.74, 6) is -0.817. The van der Waals surface area contributed by atoms with Gasteiger partial charge in [0.2, 0.25) is 0 Å². The van der Waals surface area contributed by atoms with Crippen LogP contribution in [0.4, 0.5) is 11.4 Å². The maximum atomic E-state index is 11.9. The molecule has 170 valence electrons. The molecule has 0 atom stereocenters. The third-order valence-electron chi connectivity index (χ3n) is 4.30. The van der Waals surface area contributed by atoms with E-state index in [2.05, 4.69) is 10.2 Å². The number of fused-ring (bicyclic) bond motifs is 1. The second kappa shape index (κ2) is 7.88. The molecule has 0 aliphatic carbocycles. The van der Waals surface area contributed by atoms with Crippen molar-refractivity contribution in [2.45, 2.75) is 21.6 Å². The summed E-state index contributed by atoms with van der Waals surface area (Å²) in [6, 6.07) is 7.48. The molecule has 0 bridgehead atoms. The Morgan fingerprint density at radius 1 is 0.750 bits per heavy atom. The number of hydrogen-bond acceptors (Lipinski definition) is 9. The lowest BCUT2D eigenvalue weighted by atomic mass is 10.0. The van der Waals surface area contributed by atoms with E-state index in [9.17, 15) is 44.0 Å². The first-order chi connectivity index (χ1) is 14.6. The van der Waals surface area contributed by atoms with Crippen LogP contribution in [0.15, 0.2) is 67.4 Å². The van der Waals surface area contributed by atoms with Gasteiger partial charge in [0.1, 0.15) is 21.2 Å². The summed E-state index contributed by atoms with van der Waals surface area (Å²) in [5.41, 5.74) is -1.06. The van der Waals surface area contributed by atoms with Crippen LogP contribution >= 0.6 is 0 Å². The summed E-state index contributed by atoms with van der Waals surface area (Å²) in [7, 11) is -14.4. The molecular weight excluding hydrogens is 488 g/mol. The van der Waals surface area contributed by atoms with Gasteiger partial charge in [0.25, 0.3) is 30.4 Å². The molecule has 4 N–H and O–H groups in total. The summed E-state index contributed by atoms with van der Waals surface area (Å²) in [4.78, 5) is -2.20. The van der Waals surface area contributed by atoms with Gasteiger partial charge in [-0.25, -0.2) is 0 Å². The fourth-order valence-electron chi connectivity index (χ4n) is 2.97. The van der Waals surface area contributed by atoms with Crippen molar-refractivity contribution >= 4 is 52.5 Å². The second-order valence-corrected chi connectivity index (χ2v) is 10.7. The lowest BCUT2D eigenvalue weighted by Gasteiger charge is -2.12. The van der Waals surface area contributed by atoms with Crippen molar-refractivity contribution in [3.8, 4) is 5.75 Å². The SMILES string of the molecule is Cc1cc(S(=O)(=O)O)cc2cc(S(=O)(=O)O)c(N=Nc3ccccc3S(=O)(=O)O)c(O)c12. The standard InChI is InChI=1S/C17H14N2O10S3/c1-9-6-11(30(21,22)23)7-10-8-14(32(27,28)29)16(17(20)15(9)10)19-18-12-4-2-3-5-13(12)31(24,25)26/h2-8,20H,1H3,(H,21,22,23)(H,24,25,26)(H,27,28,29). The zero-order valence-electron chi connectivity index (χ0n) is 15.9. The van der Waals surface area contributed by atoms with Gasteiger partial charge in [-0.15, -0.1) is 10.2 Å². The van der Waals surface area contributed by atoms with Crippen LogP contribution in [0, 0.1) is 6.92 Å². The Bertz CT molecular complexity index is 1610. The smallest absolute Gasteiger partial charge is 0.296 e. The zero-order chi connectivity index (χ0) is 24.1. The molecule has 0 aliphatic rings. The lowest BCUT2D eigenvalue weighted by Crippen LogP contribution is -2.02. The van der Waals surface area contributed by atoms with Gasteiger partial charge in [-0.05, 0) is 48.2 Å². The maximum Gasteiger partial charge on any atom is 0.296 e. The van der Waals surface area contributed by atoms with Crippen molar-refractivity contribution < 1.29 is 44.0 Å². The number of phenolic OH excluding ortho intramolecular Hbond substituents is 1. The molecule has 0 aliphatic heterocycles. The van der Waals surface area contributed by atoms with E-state index in [0.29, 0.717) is 0 Å². The summed E-state index contributed by atoms with van der Waals surface area (Å²) >= 11 is 0. The Morgan fingerprint density at radius 2 is 1.34 bits per heavy atom. The molecule has 12 nitrogen and oxygen atoms in total. The van der Waals surface area contributed by atoms with Gasteiger partial charge in [-0.2, -0.15) is 25.3 Å². The number of aryl methyl sites for hydroxylation is 1. The summed E-state index contributed by atoms with van der Waals surface area (Å²) in [6.07, 6.45) is 0. The average Bonchev–Trinajstić information content (AvgIpc) is 2.64. The molecule has 3 rings (SSSR count). The largest absolute Gasteiger partial charge is 0.505 e. The minimum atomic E-state index is -5.04. The summed E-state index contributed by atoms with van der Waals surface area (Å²) < 4.78 is 97.8. The van der Waals surface area contributed by atoms with Crippen molar-refractivity contribution in [2.75, 3.05) is 0 Å². The molecule has 0 aromatic heterocycles. The Kier molecular flexibility index (Phi) is 5.83. The monoisotopic (exact) mass is 502 g/mol. The predicted octanol–water partition coefficient (Wildman–Crippen LogP) is 3.01. The van der Waals surface area contributed by atoms with Crippen LogP contribution < -0.4 is 0 Å². The Balaban J connectivity index is 2.37. The normalized spacial score (nSPS) is 13.1. The van der Waals surface area contributed by atoms with E-state index in [1.807, 2.05) is 0 Å². The fourth-order valence-corrected chi connectivity index (χ4v) is 4.85.